The maximum absolute atomic E-state index is 6.37. The minimum atomic E-state index is -0.299. The number of nitrogens with zero attached hydrogens (tertiary/aromatic N) is 3. The molecule has 5 aromatic rings. The summed E-state index contributed by atoms with van der Waals surface area (Å²) in [6, 6.07) is 17.2. The van der Waals surface area contributed by atoms with Crippen LogP contribution in [-0.2, 0) is 16.3 Å². The molecule has 2 atom stereocenters. The molecule has 0 spiro atoms. The number of hydrogen-bond donors (Lipinski definition) is 0. The highest BCUT2D eigenvalue weighted by molar-refractivity contribution is 9.10. The van der Waals surface area contributed by atoms with Crippen molar-refractivity contribution in [2.75, 3.05) is 6.61 Å². The number of aryl methyl sites for hydroxylation is 2. The number of rotatable bonds is 6. The summed E-state index contributed by atoms with van der Waals surface area (Å²) in [4.78, 5) is 5.01. The van der Waals surface area contributed by atoms with Crippen molar-refractivity contribution in [3.05, 3.63) is 70.3 Å². The van der Waals surface area contributed by atoms with Crippen LogP contribution in [0.15, 0.2) is 59.2 Å². The zero-order valence-corrected chi connectivity index (χ0v) is 24.6. The van der Waals surface area contributed by atoms with Gasteiger partial charge >= 0.3 is 0 Å². The van der Waals surface area contributed by atoms with Gasteiger partial charge in [0.15, 0.2) is 0 Å². The van der Waals surface area contributed by atoms with Crippen LogP contribution in [0.25, 0.3) is 42.8 Å². The summed E-state index contributed by atoms with van der Waals surface area (Å²) < 4.78 is 15.8. The molecule has 0 amide bonds. The summed E-state index contributed by atoms with van der Waals surface area (Å²) in [6.07, 6.45) is 1.71. The zero-order valence-electron chi connectivity index (χ0n) is 21.0. The molecular weight excluding hydrogens is 553 g/mol. The van der Waals surface area contributed by atoms with Crippen molar-refractivity contribution in [1.29, 1.82) is 0 Å². The lowest BCUT2D eigenvalue weighted by atomic mass is 10.0. The predicted molar refractivity (Wildman–Crippen MR) is 156 cm³/mol. The van der Waals surface area contributed by atoms with Gasteiger partial charge in [-0.05, 0) is 84.6 Å². The molecule has 186 valence electrons. The summed E-state index contributed by atoms with van der Waals surface area (Å²) >= 11 is 5.58. The highest BCUT2D eigenvalue weighted by Gasteiger charge is 2.26. The van der Waals surface area contributed by atoms with Crippen LogP contribution in [0.1, 0.15) is 38.0 Å². The van der Waals surface area contributed by atoms with Crippen molar-refractivity contribution in [2.45, 2.75) is 39.4 Å². The van der Waals surface area contributed by atoms with Crippen molar-refractivity contribution < 1.29 is 9.26 Å². The number of fused-ring (bicyclic) bond motifs is 2. The molecule has 1 unspecified atom stereocenters. The van der Waals surface area contributed by atoms with Crippen LogP contribution in [0.3, 0.4) is 0 Å². The van der Waals surface area contributed by atoms with Gasteiger partial charge in [0, 0.05) is 37.5 Å². The molecule has 3 aromatic carbocycles. The van der Waals surface area contributed by atoms with Crippen molar-refractivity contribution in [3.8, 4) is 21.7 Å². The number of halogens is 1. The van der Waals surface area contributed by atoms with E-state index in [1.807, 2.05) is 17.9 Å². The monoisotopic (exact) mass is 581 g/mol. The fourth-order valence-corrected chi connectivity index (χ4v) is 6.73. The van der Waals surface area contributed by atoms with Crippen molar-refractivity contribution >= 4 is 57.9 Å². The van der Waals surface area contributed by atoms with Gasteiger partial charge in [-0.15, -0.1) is 11.3 Å². The molecule has 2 aromatic heterocycles. The van der Waals surface area contributed by atoms with E-state index in [0.29, 0.717) is 6.61 Å². The molecule has 5 nitrogen and oxygen atoms in total. The summed E-state index contributed by atoms with van der Waals surface area (Å²) in [5, 5.41) is 6.49. The average Bonchev–Trinajstić information content (AvgIpc) is 3.42. The maximum atomic E-state index is 6.37. The molecule has 0 bridgehead atoms. The van der Waals surface area contributed by atoms with E-state index in [1.54, 1.807) is 11.3 Å². The number of ether oxygens (including phenoxy) is 1. The third-order valence-electron chi connectivity index (χ3n) is 6.12. The van der Waals surface area contributed by atoms with E-state index in [9.17, 15) is 0 Å². The second kappa shape index (κ2) is 9.96. The van der Waals surface area contributed by atoms with Crippen molar-refractivity contribution in [2.24, 2.45) is 7.05 Å². The molecule has 0 N–H and O–H groups in total. The molecule has 0 aliphatic carbocycles. The Hall–Kier alpha value is -2.15. The quantitative estimate of drug-likeness (QED) is 0.189. The van der Waals surface area contributed by atoms with E-state index in [1.165, 1.54) is 0 Å². The SMILES string of the molecule is Cc1cc2nc(-c3cccc(-c4ccc5c(cnn5C)c4)c3)sc2c(Br)c1[C@@H](COP)OC(C)(C)C. The lowest BCUT2D eigenvalue weighted by Gasteiger charge is -2.29. The Bertz CT molecular complexity index is 1570. The van der Waals surface area contributed by atoms with Crippen LogP contribution in [0.5, 0.6) is 0 Å². The van der Waals surface area contributed by atoms with Crippen LogP contribution in [0.2, 0.25) is 0 Å². The Balaban J connectivity index is 1.55. The van der Waals surface area contributed by atoms with Gasteiger partial charge < -0.3 is 9.26 Å². The second-order valence-electron chi connectivity index (χ2n) is 9.96. The number of benzene rings is 3. The normalized spacial score (nSPS) is 13.1. The highest BCUT2D eigenvalue weighted by Crippen LogP contribution is 2.42. The van der Waals surface area contributed by atoms with Crippen molar-refractivity contribution in [1.82, 2.24) is 14.8 Å². The minimum absolute atomic E-state index is 0.197. The Kier molecular flexibility index (Phi) is 7.05. The Morgan fingerprint density at radius 2 is 1.83 bits per heavy atom. The van der Waals surface area contributed by atoms with Gasteiger partial charge in [0.05, 0.1) is 34.1 Å². The largest absolute Gasteiger partial charge is 0.365 e. The van der Waals surface area contributed by atoms with Crippen molar-refractivity contribution in [3.63, 3.8) is 0 Å². The van der Waals surface area contributed by atoms with Crippen LogP contribution in [0.4, 0.5) is 0 Å². The summed E-state index contributed by atoms with van der Waals surface area (Å²) in [5.74, 6) is 0. The van der Waals surface area contributed by atoms with Gasteiger partial charge in [-0.1, -0.05) is 24.3 Å². The van der Waals surface area contributed by atoms with Crippen LogP contribution < -0.4 is 0 Å². The molecule has 0 radical (unpaired) electrons. The maximum Gasteiger partial charge on any atom is 0.124 e. The molecule has 0 saturated heterocycles. The second-order valence-corrected chi connectivity index (χ2v) is 12.1. The van der Waals surface area contributed by atoms with Crippen LogP contribution in [0, 0.1) is 6.92 Å². The molecule has 2 heterocycles. The predicted octanol–water partition coefficient (Wildman–Crippen LogP) is 8.25. The molecule has 0 aliphatic rings. The lowest BCUT2D eigenvalue weighted by Crippen LogP contribution is -2.25. The first kappa shape index (κ1) is 25.5. The van der Waals surface area contributed by atoms with Gasteiger partial charge in [0.2, 0.25) is 0 Å². The Morgan fingerprint density at radius 1 is 1.08 bits per heavy atom. The minimum Gasteiger partial charge on any atom is -0.365 e. The third kappa shape index (κ3) is 5.00. The van der Waals surface area contributed by atoms with E-state index in [2.05, 4.69) is 107 Å². The fraction of sp³-hybridized carbons (Fsp3) is 0.286. The number of thiazole rings is 1. The van der Waals surface area contributed by atoms with Gasteiger partial charge in [0.25, 0.3) is 0 Å². The average molecular weight is 583 g/mol. The molecule has 0 fully saturated rings. The zero-order chi connectivity index (χ0) is 25.6. The van der Waals surface area contributed by atoms with E-state index in [0.717, 1.165) is 58.4 Å². The molecule has 0 saturated carbocycles. The van der Waals surface area contributed by atoms with E-state index in [-0.39, 0.29) is 11.7 Å². The third-order valence-corrected chi connectivity index (χ3v) is 8.54. The van der Waals surface area contributed by atoms with E-state index >= 15 is 0 Å². The Labute approximate surface area is 226 Å². The first-order valence-corrected chi connectivity index (χ1v) is 13.8. The molecule has 0 aliphatic heterocycles. The molecule has 8 heteroatoms. The van der Waals surface area contributed by atoms with Crippen LogP contribution >= 0.6 is 36.7 Å². The van der Waals surface area contributed by atoms with E-state index < -0.39 is 0 Å². The summed E-state index contributed by atoms with van der Waals surface area (Å²) in [5.41, 5.74) is 7.45. The van der Waals surface area contributed by atoms with Gasteiger partial charge in [0.1, 0.15) is 11.1 Å². The Morgan fingerprint density at radius 3 is 2.58 bits per heavy atom. The lowest BCUT2D eigenvalue weighted by molar-refractivity contribution is -0.0766. The molecular formula is C28H29BrN3O2PS. The number of aromatic nitrogens is 3. The topological polar surface area (TPSA) is 49.2 Å². The first-order valence-electron chi connectivity index (χ1n) is 11.8. The van der Waals surface area contributed by atoms with E-state index in [4.69, 9.17) is 14.2 Å². The first-order chi connectivity index (χ1) is 17.1. The molecule has 5 rings (SSSR count). The summed E-state index contributed by atoms with van der Waals surface area (Å²) in [7, 11) is 4.30. The van der Waals surface area contributed by atoms with Crippen LogP contribution in [-0.4, -0.2) is 27.0 Å². The van der Waals surface area contributed by atoms with Gasteiger partial charge in [-0.3, -0.25) is 4.68 Å². The molecule has 36 heavy (non-hydrogen) atoms. The highest BCUT2D eigenvalue weighted by atomic mass is 79.9. The van der Waals surface area contributed by atoms with Gasteiger partial charge in [-0.2, -0.15) is 5.10 Å². The summed E-state index contributed by atoms with van der Waals surface area (Å²) in [6.45, 7) is 8.74. The number of hydrogen-bond acceptors (Lipinski definition) is 5. The fourth-order valence-electron chi connectivity index (χ4n) is 4.55. The van der Waals surface area contributed by atoms with Gasteiger partial charge in [-0.25, -0.2) is 4.98 Å². The smallest absolute Gasteiger partial charge is 0.124 e. The standard InChI is InChI=1S/C28H29BrN3O2PS/c1-16-11-21-26(25(29)24(16)23(15-33-35)34-28(2,3)4)36-27(31-21)19-8-6-7-17(12-19)18-9-10-22-20(13-18)14-30-32(22)5/h6-14,23H,15,35H2,1-5H3/t23-/m1/s1.